The van der Waals surface area contributed by atoms with Crippen LogP contribution < -0.4 is 5.32 Å². The number of nitrogens with one attached hydrogen (secondary N) is 1. The van der Waals surface area contributed by atoms with Crippen LogP contribution in [0.2, 0.25) is 0 Å². The van der Waals surface area contributed by atoms with Crippen LogP contribution in [0.25, 0.3) is 0 Å². The summed E-state index contributed by atoms with van der Waals surface area (Å²) in [4.78, 5) is 37.5. The van der Waals surface area contributed by atoms with Crippen LogP contribution in [0.3, 0.4) is 0 Å². The molecule has 1 aliphatic heterocycles. The molecule has 0 saturated carbocycles. The Morgan fingerprint density at radius 1 is 1.26 bits per heavy atom. The van der Waals surface area contributed by atoms with Crippen molar-refractivity contribution in [1.82, 2.24) is 15.4 Å². The summed E-state index contributed by atoms with van der Waals surface area (Å²) in [5.41, 5.74) is 2.72. The summed E-state index contributed by atoms with van der Waals surface area (Å²) in [6.45, 7) is 4.61. The van der Waals surface area contributed by atoms with Crippen LogP contribution in [0.4, 0.5) is 0 Å². The van der Waals surface area contributed by atoms with Gasteiger partial charge in [-0.2, -0.15) is 0 Å². The Bertz CT molecular complexity index is 855. The van der Waals surface area contributed by atoms with E-state index in [1.807, 2.05) is 19.1 Å². The highest BCUT2D eigenvalue weighted by Crippen LogP contribution is 2.21. The van der Waals surface area contributed by atoms with Gasteiger partial charge in [-0.25, -0.2) is 0 Å². The van der Waals surface area contributed by atoms with E-state index in [9.17, 15) is 14.4 Å². The van der Waals surface area contributed by atoms with Gasteiger partial charge in [0.25, 0.3) is 5.91 Å². The predicted molar refractivity (Wildman–Crippen MR) is 98.7 cm³/mol. The third-order valence-corrected chi connectivity index (χ3v) is 4.56. The Morgan fingerprint density at radius 3 is 2.63 bits per heavy atom. The standard InChI is InChI=1S/C20H23N3O4/c1-3-4-16-19(13(2)24)17(27-22-16)11-14-5-7-15(8-6-14)20(26)23-10-9-21-18(25)12-23/h5-8H,3-4,9-12H2,1-2H3,(H,21,25). The van der Waals surface area contributed by atoms with Crippen molar-refractivity contribution in [2.24, 2.45) is 0 Å². The van der Waals surface area contributed by atoms with Gasteiger partial charge in [0.1, 0.15) is 0 Å². The minimum atomic E-state index is -0.161. The second kappa shape index (κ2) is 8.16. The van der Waals surface area contributed by atoms with Gasteiger partial charge in [-0.15, -0.1) is 0 Å². The van der Waals surface area contributed by atoms with Gasteiger partial charge in [0, 0.05) is 25.1 Å². The average molecular weight is 369 g/mol. The molecule has 2 aromatic rings. The Morgan fingerprint density at radius 2 is 2.00 bits per heavy atom. The number of carbonyl (C=O) groups is 3. The largest absolute Gasteiger partial charge is 0.360 e. The number of benzene rings is 1. The quantitative estimate of drug-likeness (QED) is 0.786. The number of aromatic nitrogens is 1. The van der Waals surface area contributed by atoms with Crippen molar-refractivity contribution in [2.75, 3.05) is 19.6 Å². The maximum atomic E-state index is 12.5. The van der Waals surface area contributed by atoms with Gasteiger partial charge < -0.3 is 14.7 Å². The topological polar surface area (TPSA) is 92.5 Å². The number of Topliss-reactive ketones (excluding diaryl/α,β-unsaturated/α-hetero) is 1. The number of carbonyl (C=O) groups excluding carboxylic acids is 3. The molecule has 0 unspecified atom stereocenters. The molecule has 1 aromatic heterocycles. The van der Waals surface area contributed by atoms with Crippen molar-refractivity contribution in [1.29, 1.82) is 0 Å². The van der Waals surface area contributed by atoms with Crippen LogP contribution in [0, 0.1) is 0 Å². The zero-order chi connectivity index (χ0) is 19.4. The van der Waals surface area contributed by atoms with E-state index in [4.69, 9.17) is 4.52 Å². The van der Waals surface area contributed by atoms with E-state index in [1.54, 1.807) is 12.1 Å². The van der Waals surface area contributed by atoms with Crippen molar-refractivity contribution in [3.63, 3.8) is 0 Å². The molecule has 1 aliphatic rings. The molecule has 2 amide bonds. The maximum absolute atomic E-state index is 12.5. The number of hydrogen-bond donors (Lipinski definition) is 1. The van der Waals surface area contributed by atoms with Crippen LogP contribution in [-0.2, 0) is 17.6 Å². The maximum Gasteiger partial charge on any atom is 0.254 e. The summed E-state index contributed by atoms with van der Waals surface area (Å²) < 4.78 is 5.41. The Kier molecular flexibility index (Phi) is 5.69. The third kappa shape index (κ3) is 4.24. The summed E-state index contributed by atoms with van der Waals surface area (Å²) in [6, 6.07) is 7.15. The zero-order valence-electron chi connectivity index (χ0n) is 15.6. The first-order valence-corrected chi connectivity index (χ1v) is 9.12. The van der Waals surface area contributed by atoms with E-state index in [2.05, 4.69) is 10.5 Å². The first-order valence-electron chi connectivity index (χ1n) is 9.12. The minimum Gasteiger partial charge on any atom is -0.360 e. The van der Waals surface area contributed by atoms with Crippen LogP contribution in [0.5, 0.6) is 0 Å². The fourth-order valence-corrected chi connectivity index (χ4v) is 3.24. The molecule has 1 aromatic carbocycles. The summed E-state index contributed by atoms with van der Waals surface area (Å²) in [5, 5.41) is 6.75. The molecule has 0 aliphatic carbocycles. The second-order valence-electron chi connectivity index (χ2n) is 6.68. The van der Waals surface area contributed by atoms with E-state index in [0.717, 1.165) is 12.0 Å². The number of ketones is 1. The second-order valence-corrected chi connectivity index (χ2v) is 6.68. The monoisotopic (exact) mass is 369 g/mol. The van der Waals surface area contributed by atoms with E-state index in [1.165, 1.54) is 11.8 Å². The van der Waals surface area contributed by atoms with Gasteiger partial charge in [-0.3, -0.25) is 14.4 Å². The number of nitrogens with zero attached hydrogens (tertiary/aromatic N) is 2. The van der Waals surface area contributed by atoms with Crippen LogP contribution in [0.15, 0.2) is 28.8 Å². The lowest BCUT2D eigenvalue weighted by Crippen LogP contribution is -2.49. The van der Waals surface area contributed by atoms with Crippen LogP contribution in [0.1, 0.15) is 58.0 Å². The Labute approximate surface area is 157 Å². The first-order chi connectivity index (χ1) is 13.0. The van der Waals surface area contributed by atoms with Crippen LogP contribution in [-0.4, -0.2) is 47.3 Å². The Hall–Kier alpha value is -2.96. The number of amides is 2. The van der Waals surface area contributed by atoms with E-state index in [0.29, 0.717) is 48.5 Å². The summed E-state index contributed by atoms with van der Waals surface area (Å²) >= 11 is 0. The predicted octanol–water partition coefficient (Wildman–Crippen LogP) is 1.99. The third-order valence-electron chi connectivity index (χ3n) is 4.56. The molecular formula is C20H23N3O4. The molecule has 1 saturated heterocycles. The van der Waals surface area contributed by atoms with Crippen molar-refractivity contribution >= 4 is 17.6 Å². The van der Waals surface area contributed by atoms with Gasteiger partial charge in [0.05, 0.1) is 17.8 Å². The summed E-state index contributed by atoms with van der Waals surface area (Å²) in [7, 11) is 0. The lowest BCUT2D eigenvalue weighted by atomic mass is 10.0. The normalized spacial score (nSPS) is 14.1. The molecule has 27 heavy (non-hydrogen) atoms. The molecule has 2 heterocycles. The molecule has 7 heteroatoms. The van der Waals surface area contributed by atoms with Crippen molar-refractivity contribution in [3.05, 3.63) is 52.4 Å². The van der Waals surface area contributed by atoms with Crippen molar-refractivity contribution in [3.8, 4) is 0 Å². The fourth-order valence-electron chi connectivity index (χ4n) is 3.24. The highest BCUT2D eigenvalue weighted by Gasteiger charge is 2.23. The first kappa shape index (κ1) is 18.8. The Balaban J connectivity index is 1.74. The fraction of sp³-hybridized carbons (Fsp3) is 0.400. The zero-order valence-corrected chi connectivity index (χ0v) is 15.6. The van der Waals surface area contributed by atoms with Crippen LogP contribution >= 0.6 is 0 Å². The van der Waals surface area contributed by atoms with E-state index in [-0.39, 0.29) is 24.1 Å². The van der Waals surface area contributed by atoms with Gasteiger partial charge in [0.15, 0.2) is 11.5 Å². The van der Waals surface area contributed by atoms with Gasteiger partial charge >= 0.3 is 0 Å². The highest BCUT2D eigenvalue weighted by atomic mass is 16.5. The molecule has 7 nitrogen and oxygen atoms in total. The number of piperazine rings is 1. The summed E-state index contributed by atoms with van der Waals surface area (Å²) in [5.74, 6) is 0.199. The van der Waals surface area contributed by atoms with E-state index < -0.39 is 0 Å². The molecule has 1 N–H and O–H groups in total. The lowest BCUT2D eigenvalue weighted by Gasteiger charge is -2.26. The van der Waals surface area contributed by atoms with Gasteiger partial charge in [-0.1, -0.05) is 30.6 Å². The number of hydrogen-bond acceptors (Lipinski definition) is 5. The molecule has 0 bridgehead atoms. The van der Waals surface area contributed by atoms with Crippen molar-refractivity contribution < 1.29 is 18.9 Å². The SMILES string of the molecule is CCCc1noc(Cc2ccc(C(=O)N3CCNC(=O)C3)cc2)c1C(C)=O. The van der Waals surface area contributed by atoms with E-state index >= 15 is 0 Å². The van der Waals surface area contributed by atoms with Crippen molar-refractivity contribution in [2.45, 2.75) is 33.1 Å². The molecule has 3 rings (SSSR count). The molecular weight excluding hydrogens is 346 g/mol. The molecule has 0 atom stereocenters. The smallest absolute Gasteiger partial charge is 0.254 e. The molecule has 1 fully saturated rings. The lowest BCUT2D eigenvalue weighted by molar-refractivity contribution is -0.123. The van der Waals surface area contributed by atoms with Gasteiger partial charge in [-0.05, 0) is 31.0 Å². The van der Waals surface area contributed by atoms with Gasteiger partial charge in [0.2, 0.25) is 5.91 Å². The molecule has 0 radical (unpaired) electrons. The minimum absolute atomic E-state index is 0.0510. The highest BCUT2D eigenvalue weighted by molar-refractivity contribution is 5.97. The number of rotatable bonds is 6. The summed E-state index contributed by atoms with van der Waals surface area (Å²) in [6.07, 6.45) is 2.03. The molecule has 142 valence electrons. The number of aryl methyl sites for hydroxylation is 1. The average Bonchev–Trinajstić information content (AvgIpc) is 3.04. The molecule has 0 spiro atoms.